The van der Waals surface area contributed by atoms with Crippen LogP contribution in [0.25, 0.3) is 0 Å². The Morgan fingerprint density at radius 3 is 2.46 bits per heavy atom. The van der Waals surface area contributed by atoms with Crippen LogP contribution in [0.4, 0.5) is 0 Å². The van der Waals surface area contributed by atoms with Crippen molar-refractivity contribution < 1.29 is 34.2 Å². The summed E-state index contributed by atoms with van der Waals surface area (Å²) in [7, 11) is 3.10. The molecule has 0 spiro atoms. The average Bonchev–Trinajstić information content (AvgIpc) is 3.37. The van der Waals surface area contributed by atoms with E-state index in [-0.39, 0.29) is 24.2 Å². The van der Waals surface area contributed by atoms with Crippen molar-refractivity contribution in [2.24, 2.45) is 35.3 Å². The van der Waals surface area contributed by atoms with Crippen LogP contribution in [0.15, 0.2) is 6.07 Å². The fourth-order valence-electron chi connectivity index (χ4n) is 7.46. The summed E-state index contributed by atoms with van der Waals surface area (Å²) in [6.45, 7) is 1.23. The van der Waals surface area contributed by atoms with Crippen molar-refractivity contribution in [3.8, 4) is 5.75 Å². The topological polar surface area (TPSA) is 167 Å². The molecule has 5 rings (SSSR count). The summed E-state index contributed by atoms with van der Waals surface area (Å²) in [4.78, 5) is 67.5. The van der Waals surface area contributed by atoms with Crippen molar-refractivity contribution in [1.82, 2.24) is 10.2 Å². The number of aliphatic hydroxyl groups is 1. The fourth-order valence-corrected chi connectivity index (χ4v) is 7.75. The van der Waals surface area contributed by atoms with Gasteiger partial charge in [0.15, 0.2) is 34.7 Å². The number of phenols is 1. The monoisotopic (exact) mass is 559 g/mol. The maximum atomic E-state index is 13.8. The predicted octanol–water partition coefficient (Wildman–Crippen LogP) is 0.800. The van der Waals surface area contributed by atoms with Crippen LogP contribution in [0.1, 0.15) is 53.6 Å². The third-order valence-corrected chi connectivity index (χ3v) is 9.76. The molecule has 0 saturated heterocycles. The molecule has 5 N–H and O–H groups in total. The van der Waals surface area contributed by atoms with Crippen molar-refractivity contribution in [3.05, 3.63) is 27.8 Å². The summed E-state index contributed by atoms with van der Waals surface area (Å²) in [5.41, 5.74) is 3.56. The first-order chi connectivity index (χ1) is 18.4. The SMILES string of the molecule is CN(C)[C@@H]1C(=O)C(C(N)=O)C(=O)[C@@]2(O)C(=O)C3C(=O)c4c(O)cc(CNCC5CCCC5)c(Cl)c4C[C@H]3C[C@@H]12. The third-order valence-electron chi connectivity index (χ3n) is 9.29. The molecule has 0 radical (unpaired) electrons. The fraction of sp³-hybridized carbons (Fsp3) is 0.607. The highest BCUT2D eigenvalue weighted by Gasteiger charge is 2.69. The largest absolute Gasteiger partial charge is 0.507 e. The van der Waals surface area contributed by atoms with Crippen LogP contribution in [-0.4, -0.2) is 76.4 Å². The molecule has 4 aliphatic carbocycles. The second kappa shape index (κ2) is 10.1. The molecule has 210 valence electrons. The number of carbonyl (C=O) groups excluding carboxylic acids is 5. The van der Waals surface area contributed by atoms with E-state index in [2.05, 4.69) is 5.32 Å². The van der Waals surface area contributed by atoms with E-state index in [1.165, 1.54) is 36.6 Å². The Labute approximate surface area is 231 Å². The number of hydrogen-bond donors (Lipinski definition) is 4. The Hall–Kier alpha value is -2.66. The summed E-state index contributed by atoms with van der Waals surface area (Å²) in [5.74, 6) is -10.1. The van der Waals surface area contributed by atoms with Crippen LogP contribution in [0.5, 0.6) is 5.75 Å². The zero-order valence-electron chi connectivity index (χ0n) is 22.0. The van der Waals surface area contributed by atoms with Gasteiger partial charge in [-0.05, 0) is 75.4 Å². The lowest BCUT2D eigenvalue weighted by atomic mass is 9.52. The van der Waals surface area contributed by atoms with E-state index in [4.69, 9.17) is 17.3 Å². The van der Waals surface area contributed by atoms with Gasteiger partial charge >= 0.3 is 0 Å². The number of carbonyl (C=O) groups is 5. The van der Waals surface area contributed by atoms with Crippen LogP contribution in [0.2, 0.25) is 5.02 Å². The number of nitrogens with zero attached hydrogens (tertiary/aromatic N) is 1. The van der Waals surface area contributed by atoms with Gasteiger partial charge in [0.2, 0.25) is 5.91 Å². The molecule has 1 aromatic carbocycles. The molecule has 1 aromatic rings. The quantitative estimate of drug-likeness (QED) is 0.368. The van der Waals surface area contributed by atoms with Crippen molar-refractivity contribution in [2.75, 3.05) is 20.6 Å². The molecule has 0 aliphatic heterocycles. The van der Waals surface area contributed by atoms with Crippen LogP contribution < -0.4 is 11.1 Å². The number of ketones is 4. The molecule has 1 amide bonds. The van der Waals surface area contributed by atoms with Gasteiger partial charge in [-0.3, -0.25) is 28.9 Å². The first-order valence-electron chi connectivity index (χ1n) is 13.5. The number of likely N-dealkylation sites (N-methyl/N-ethyl adjacent to an activating group) is 1. The smallest absolute Gasteiger partial charge is 0.235 e. The van der Waals surface area contributed by atoms with Crippen LogP contribution >= 0.6 is 11.6 Å². The average molecular weight is 560 g/mol. The standard InChI is InChI=1S/C28H34ClN3O7/c1-32(2)22-16-8-13-7-15-19(17(33)9-14(21(15)29)11-31-10-12-5-3-4-6-12)23(34)18(13)25(36)28(16,39)26(37)20(24(22)35)27(30)38/h9,12-13,16,18,20,22,31,33,39H,3-8,10-11H2,1-2H3,(H2,30,38)/t13-,16-,18?,20?,22-,28-/m0/s1. The van der Waals surface area contributed by atoms with Gasteiger partial charge in [0.1, 0.15) is 5.75 Å². The lowest BCUT2D eigenvalue weighted by Gasteiger charge is -2.52. The highest BCUT2D eigenvalue weighted by atomic mass is 35.5. The Kier molecular flexibility index (Phi) is 7.20. The minimum Gasteiger partial charge on any atom is -0.507 e. The Balaban J connectivity index is 1.50. The van der Waals surface area contributed by atoms with E-state index >= 15 is 0 Å². The van der Waals surface area contributed by atoms with Crippen molar-refractivity contribution in [2.45, 2.75) is 56.7 Å². The number of benzene rings is 1. The molecule has 39 heavy (non-hydrogen) atoms. The van der Waals surface area contributed by atoms with E-state index < -0.39 is 64.4 Å². The summed E-state index contributed by atoms with van der Waals surface area (Å²) in [6, 6.07) is 0.281. The second-order valence-electron chi connectivity index (χ2n) is 11.8. The molecule has 6 atom stereocenters. The highest BCUT2D eigenvalue weighted by Crippen LogP contribution is 2.51. The highest BCUT2D eigenvalue weighted by molar-refractivity contribution is 6.34. The van der Waals surface area contributed by atoms with Gasteiger partial charge in [-0.2, -0.15) is 0 Å². The van der Waals surface area contributed by atoms with Crippen LogP contribution in [0, 0.1) is 29.6 Å². The molecule has 10 nitrogen and oxygen atoms in total. The van der Waals surface area contributed by atoms with E-state index in [0.29, 0.717) is 28.6 Å². The number of nitrogens with two attached hydrogens (primary N) is 1. The Morgan fingerprint density at radius 1 is 1.18 bits per heavy atom. The first-order valence-corrected chi connectivity index (χ1v) is 13.9. The van der Waals surface area contributed by atoms with Gasteiger partial charge in [-0.1, -0.05) is 24.4 Å². The number of hydrogen-bond acceptors (Lipinski definition) is 9. The Morgan fingerprint density at radius 2 is 1.85 bits per heavy atom. The number of aromatic hydroxyl groups is 1. The molecule has 0 aromatic heterocycles. The van der Waals surface area contributed by atoms with E-state index in [9.17, 15) is 34.2 Å². The third kappa shape index (κ3) is 4.23. The van der Waals surface area contributed by atoms with E-state index in [0.717, 1.165) is 6.54 Å². The van der Waals surface area contributed by atoms with E-state index in [1.807, 2.05) is 0 Å². The van der Waals surface area contributed by atoms with Gasteiger partial charge < -0.3 is 21.3 Å². The van der Waals surface area contributed by atoms with Crippen LogP contribution in [0.3, 0.4) is 0 Å². The summed E-state index contributed by atoms with van der Waals surface area (Å²) < 4.78 is 0. The number of amides is 1. The molecule has 0 heterocycles. The lowest BCUT2D eigenvalue weighted by Crippen LogP contribution is -2.74. The normalized spacial score (nSPS) is 32.8. The summed E-state index contributed by atoms with van der Waals surface area (Å²) in [6.07, 6.45) is 4.94. The maximum Gasteiger partial charge on any atom is 0.235 e. The zero-order chi connectivity index (χ0) is 28.4. The predicted molar refractivity (Wildman–Crippen MR) is 140 cm³/mol. The Bertz CT molecular complexity index is 1270. The molecule has 4 aliphatic rings. The number of Topliss-reactive ketones (excluding diaryl/α,β-unsaturated/α-hetero) is 4. The molecule has 11 heteroatoms. The molecule has 3 fully saturated rings. The number of rotatable bonds is 6. The van der Waals surface area contributed by atoms with Gasteiger partial charge in [0.05, 0.1) is 17.5 Å². The van der Waals surface area contributed by atoms with Crippen molar-refractivity contribution in [3.63, 3.8) is 0 Å². The van der Waals surface area contributed by atoms with Crippen molar-refractivity contribution >= 4 is 40.6 Å². The molecule has 3 saturated carbocycles. The summed E-state index contributed by atoms with van der Waals surface area (Å²) >= 11 is 6.77. The second-order valence-corrected chi connectivity index (χ2v) is 12.2. The number of halogens is 1. The first kappa shape index (κ1) is 27.9. The van der Waals surface area contributed by atoms with Gasteiger partial charge in [-0.25, -0.2) is 0 Å². The molecule has 0 bridgehead atoms. The zero-order valence-corrected chi connectivity index (χ0v) is 22.8. The van der Waals surface area contributed by atoms with Crippen LogP contribution in [-0.2, 0) is 32.1 Å². The maximum absolute atomic E-state index is 13.8. The number of phenolic OH excluding ortho intramolecular Hbond substituents is 1. The number of nitrogens with one attached hydrogen (secondary N) is 1. The van der Waals surface area contributed by atoms with Gasteiger partial charge in [0, 0.05) is 17.5 Å². The minimum absolute atomic E-state index is 0.00879. The summed E-state index contributed by atoms with van der Waals surface area (Å²) in [5, 5.41) is 26.2. The van der Waals surface area contributed by atoms with Gasteiger partial charge in [0.25, 0.3) is 0 Å². The van der Waals surface area contributed by atoms with Crippen molar-refractivity contribution in [1.29, 1.82) is 0 Å². The number of primary amides is 1. The van der Waals surface area contributed by atoms with E-state index in [1.54, 1.807) is 14.1 Å². The number of fused-ring (bicyclic) bond motifs is 3. The minimum atomic E-state index is -2.74. The molecular weight excluding hydrogens is 526 g/mol. The lowest BCUT2D eigenvalue weighted by molar-refractivity contribution is -0.181. The van der Waals surface area contributed by atoms with Gasteiger partial charge in [-0.15, -0.1) is 0 Å². The molecule has 2 unspecified atom stereocenters. The molecular formula is C28H34ClN3O7.